The molecule has 0 amide bonds. The van der Waals surface area contributed by atoms with Crippen molar-refractivity contribution in [1.29, 1.82) is 0 Å². The molecule has 2 aliphatic rings. The minimum atomic E-state index is -0.982. The Labute approximate surface area is 128 Å². The Bertz CT molecular complexity index is 577. The van der Waals surface area contributed by atoms with E-state index in [0.717, 1.165) is 11.4 Å². The summed E-state index contributed by atoms with van der Waals surface area (Å²) in [4.78, 5) is 21.6. The molecule has 6 heteroatoms. The van der Waals surface area contributed by atoms with Crippen molar-refractivity contribution < 1.29 is 29.7 Å². The summed E-state index contributed by atoms with van der Waals surface area (Å²) in [6.07, 6.45) is 4.36. The number of aryl methyl sites for hydroxylation is 2. The summed E-state index contributed by atoms with van der Waals surface area (Å²) in [6.45, 7) is 3.71. The molecule has 6 nitrogen and oxygen atoms in total. The van der Waals surface area contributed by atoms with Gasteiger partial charge in [-0.05, 0) is 24.3 Å². The third-order valence-electron chi connectivity index (χ3n) is 4.37. The Kier molecular flexibility index (Phi) is 4.49. The summed E-state index contributed by atoms with van der Waals surface area (Å²) in [7, 11) is 0. The summed E-state index contributed by atoms with van der Waals surface area (Å²) in [5, 5.41) is 26.8. The highest BCUT2D eigenvalue weighted by Gasteiger charge is 2.51. The second kappa shape index (κ2) is 6.17. The number of aromatic nitrogens is 1. The second-order valence-electron chi connectivity index (χ2n) is 5.80. The maximum Gasteiger partial charge on any atom is 0.307 e. The van der Waals surface area contributed by atoms with Crippen LogP contribution in [0.3, 0.4) is 0 Å². The van der Waals surface area contributed by atoms with E-state index in [-0.39, 0.29) is 11.8 Å². The molecule has 3 N–H and O–H groups in total. The van der Waals surface area contributed by atoms with Crippen LogP contribution < -0.4 is 4.73 Å². The molecule has 2 aliphatic carbocycles. The summed E-state index contributed by atoms with van der Waals surface area (Å²) < 4.78 is 1.17. The van der Waals surface area contributed by atoms with Gasteiger partial charge in [-0.15, -0.1) is 0 Å². The quantitative estimate of drug-likeness (QED) is 0.436. The van der Waals surface area contributed by atoms with E-state index in [1.165, 1.54) is 4.73 Å². The SMILES string of the molecule is Cc1cccc(C)[n+]1O.O=C(O)C1C2C=CC(C2)C1C(=O)O. The average Bonchev–Trinajstić information content (AvgIpc) is 3.05. The van der Waals surface area contributed by atoms with Crippen LogP contribution in [0.25, 0.3) is 0 Å². The molecular weight excluding hydrogens is 286 g/mol. The van der Waals surface area contributed by atoms with Crippen molar-refractivity contribution >= 4 is 11.9 Å². The van der Waals surface area contributed by atoms with Crippen LogP contribution in [0, 0.1) is 37.5 Å². The molecule has 1 aromatic heterocycles. The summed E-state index contributed by atoms with van der Waals surface area (Å²) >= 11 is 0. The lowest BCUT2D eigenvalue weighted by Gasteiger charge is -2.20. The smallest absolute Gasteiger partial charge is 0.307 e. The van der Waals surface area contributed by atoms with Gasteiger partial charge in [-0.25, -0.2) is 0 Å². The first kappa shape index (κ1) is 16.0. The lowest BCUT2D eigenvalue weighted by molar-refractivity contribution is -0.912. The number of hydrogen-bond acceptors (Lipinski definition) is 3. The van der Waals surface area contributed by atoms with Gasteiger partial charge in [0.05, 0.1) is 11.8 Å². The lowest BCUT2D eigenvalue weighted by Crippen LogP contribution is -2.36. The van der Waals surface area contributed by atoms with Gasteiger partial charge in [-0.2, -0.15) is 0 Å². The number of carbonyl (C=O) groups is 2. The van der Waals surface area contributed by atoms with Gasteiger partial charge in [0.2, 0.25) is 11.4 Å². The Morgan fingerprint density at radius 1 is 1.00 bits per heavy atom. The number of fused-ring (bicyclic) bond motifs is 2. The van der Waals surface area contributed by atoms with Crippen molar-refractivity contribution in [2.75, 3.05) is 0 Å². The van der Waals surface area contributed by atoms with Crippen molar-refractivity contribution in [2.45, 2.75) is 20.3 Å². The van der Waals surface area contributed by atoms with Crippen LogP contribution in [0.4, 0.5) is 0 Å². The number of rotatable bonds is 2. The molecule has 0 radical (unpaired) electrons. The molecule has 3 rings (SSSR count). The third kappa shape index (κ3) is 2.95. The zero-order chi connectivity index (χ0) is 16.4. The molecule has 1 fully saturated rings. The van der Waals surface area contributed by atoms with Crippen LogP contribution in [0.15, 0.2) is 30.4 Å². The van der Waals surface area contributed by atoms with Crippen LogP contribution in [0.1, 0.15) is 17.8 Å². The van der Waals surface area contributed by atoms with E-state index < -0.39 is 23.8 Å². The molecular formula is C16H20NO5+. The number of carboxylic acids is 2. The fraction of sp³-hybridized carbons (Fsp3) is 0.438. The van der Waals surface area contributed by atoms with Crippen LogP contribution in [-0.4, -0.2) is 27.4 Å². The highest BCUT2D eigenvalue weighted by molar-refractivity contribution is 5.82. The number of carboxylic acid groups (broad SMARTS) is 2. The minimum absolute atomic E-state index is 0.0661. The van der Waals surface area contributed by atoms with Gasteiger partial charge >= 0.3 is 11.9 Å². The van der Waals surface area contributed by atoms with E-state index in [1.54, 1.807) is 0 Å². The molecule has 1 saturated carbocycles. The molecule has 0 aromatic carbocycles. The largest absolute Gasteiger partial charge is 0.481 e. The molecule has 0 saturated heterocycles. The van der Waals surface area contributed by atoms with E-state index >= 15 is 0 Å². The average molecular weight is 306 g/mol. The van der Waals surface area contributed by atoms with E-state index in [2.05, 4.69) is 0 Å². The Balaban J connectivity index is 0.000000172. The Morgan fingerprint density at radius 2 is 1.41 bits per heavy atom. The van der Waals surface area contributed by atoms with Crippen LogP contribution >= 0.6 is 0 Å². The Hall–Kier alpha value is -2.37. The molecule has 4 unspecified atom stereocenters. The molecule has 0 spiro atoms. The van der Waals surface area contributed by atoms with Gasteiger partial charge in [-0.1, -0.05) is 12.2 Å². The zero-order valence-corrected chi connectivity index (χ0v) is 12.5. The first-order valence-electron chi connectivity index (χ1n) is 7.14. The van der Waals surface area contributed by atoms with Crippen LogP contribution in [-0.2, 0) is 9.59 Å². The molecule has 118 valence electrons. The van der Waals surface area contributed by atoms with Crippen molar-refractivity contribution in [3.05, 3.63) is 41.7 Å². The molecule has 1 heterocycles. The van der Waals surface area contributed by atoms with Crippen molar-refractivity contribution in [3.63, 3.8) is 0 Å². The number of aliphatic carboxylic acids is 2. The fourth-order valence-electron chi connectivity index (χ4n) is 3.24. The predicted molar refractivity (Wildman–Crippen MR) is 76.3 cm³/mol. The number of nitrogens with zero attached hydrogens (tertiary/aromatic N) is 1. The normalized spacial score (nSPS) is 28.1. The summed E-state index contributed by atoms with van der Waals surface area (Å²) in [5.74, 6) is -3.53. The van der Waals surface area contributed by atoms with Gasteiger partial charge in [0.15, 0.2) is 0 Å². The van der Waals surface area contributed by atoms with Gasteiger partial charge in [0.25, 0.3) is 0 Å². The maximum atomic E-state index is 10.8. The molecule has 2 bridgehead atoms. The van der Waals surface area contributed by atoms with Crippen molar-refractivity contribution in [1.82, 2.24) is 0 Å². The van der Waals surface area contributed by atoms with Crippen LogP contribution in [0.5, 0.6) is 0 Å². The second-order valence-corrected chi connectivity index (χ2v) is 5.80. The number of hydrogen-bond donors (Lipinski definition) is 3. The summed E-state index contributed by atoms with van der Waals surface area (Å²) in [6, 6.07) is 5.62. The molecule has 22 heavy (non-hydrogen) atoms. The first-order chi connectivity index (χ1) is 10.3. The van der Waals surface area contributed by atoms with E-state index in [0.29, 0.717) is 6.42 Å². The minimum Gasteiger partial charge on any atom is -0.481 e. The van der Waals surface area contributed by atoms with Gasteiger partial charge < -0.3 is 10.2 Å². The summed E-state index contributed by atoms with van der Waals surface area (Å²) in [5.41, 5.74) is 1.71. The van der Waals surface area contributed by atoms with Crippen LogP contribution in [0.2, 0.25) is 0 Å². The molecule has 0 aliphatic heterocycles. The predicted octanol–water partition coefficient (Wildman–Crippen LogP) is 1.42. The maximum absolute atomic E-state index is 10.8. The number of pyridine rings is 1. The topological polar surface area (TPSA) is 98.7 Å². The van der Waals surface area contributed by atoms with E-state index in [4.69, 9.17) is 15.4 Å². The third-order valence-corrected chi connectivity index (χ3v) is 4.37. The van der Waals surface area contributed by atoms with Crippen molar-refractivity contribution in [3.8, 4) is 0 Å². The van der Waals surface area contributed by atoms with Gasteiger partial charge in [-0.3, -0.25) is 14.8 Å². The number of allylic oxidation sites excluding steroid dienone is 2. The Morgan fingerprint density at radius 3 is 1.73 bits per heavy atom. The standard InChI is InChI=1S/C9H10O4.C7H10NO/c10-8(11)6-4-1-2-5(3-4)7(6)9(12)13;1-6-4-3-5-7(2)8(6)9/h1-2,4-7H,3H2,(H,10,11)(H,12,13);3-5,9H,1-2H3/q;+1. The van der Waals surface area contributed by atoms with E-state index in [9.17, 15) is 9.59 Å². The molecule has 4 atom stereocenters. The first-order valence-corrected chi connectivity index (χ1v) is 7.14. The van der Waals surface area contributed by atoms with Gasteiger partial charge in [0.1, 0.15) is 0 Å². The van der Waals surface area contributed by atoms with Crippen molar-refractivity contribution in [2.24, 2.45) is 23.7 Å². The molecule has 1 aromatic rings. The lowest BCUT2D eigenvalue weighted by atomic mass is 9.83. The highest BCUT2D eigenvalue weighted by atomic mass is 16.5. The van der Waals surface area contributed by atoms with E-state index in [1.807, 2.05) is 44.2 Å². The monoisotopic (exact) mass is 306 g/mol. The zero-order valence-electron chi connectivity index (χ0n) is 12.5. The highest BCUT2D eigenvalue weighted by Crippen LogP contribution is 2.48. The fourth-order valence-corrected chi connectivity index (χ4v) is 3.24. The van der Waals surface area contributed by atoms with Gasteiger partial charge in [0, 0.05) is 30.7 Å².